The minimum absolute atomic E-state index is 0.219. The minimum Gasteiger partial charge on any atom is -0.492 e. The van der Waals surface area contributed by atoms with Gasteiger partial charge in [0.25, 0.3) is 0 Å². The van der Waals surface area contributed by atoms with Gasteiger partial charge in [-0.25, -0.2) is 9.78 Å². The molecule has 2 N–H and O–H groups in total. The van der Waals surface area contributed by atoms with Crippen molar-refractivity contribution in [2.24, 2.45) is 0 Å². The molecule has 7 nitrogen and oxygen atoms in total. The summed E-state index contributed by atoms with van der Waals surface area (Å²) >= 11 is 0. The third kappa shape index (κ3) is 2.59. The number of methoxy groups -OCH3 is 1. The van der Waals surface area contributed by atoms with Gasteiger partial charge in [0.2, 0.25) is 11.9 Å². The molecule has 4 rings (SSSR count). The van der Waals surface area contributed by atoms with Crippen LogP contribution in [0.1, 0.15) is 21.8 Å². The molecule has 0 saturated carbocycles. The lowest BCUT2D eigenvalue weighted by Crippen LogP contribution is -2.22. The summed E-state index contributed by atoms with van der Waals surface area (Å²) in [6, 6.07) is 12.6. The number of ether oxygens (including phenoxy) is 2. The average Bonchev–Trinajstić information content (AvgIpc) is 3.24. The Hall–Kier alpha value is -3.35. The van der Waals surface area contributed by atoms with Crippen molar-refractivity contribution in [1.29, 1.82) is 0 Å². The van der Waals surface area contributed by atoms with Gasteiger partial charge < -0.3 is 14.5 Å². The van der Waals surface area contributed by atoms with Crippen molar-refractivity contribution in [1.82, 2.24) is 9.97 Å². The Bertz CT molecular complexity index is 979. The lowest BCUT2D eigenvalue weighted by molar-refractivity contribution is -0.117. The molecule has 1 aliphatic heterocycles. The lowest BCUT2D eigenvalue weighted by Gasteiger charge is -2.07. The molecule has 1 atom stereocenters. The maximum absolute atomic E-state index is 12.6. The molecule has 0 radical (unpaired) electrons. The fourth-order valence-corrected chi connectivity index (χ4v) is 2.95. The van der Waals surface area contributed by atoms with Crippen molar-refractivity contribution in [3.8, 4) is 5.75 Å². The summed E-state index contributed by atoms with van der Waals surface area (Å²) in [6.07, 6.45) is 0. The Morgan fingerprint density at radius 1 is 1.24 bits per heavy atom. The van der Waals surface area contributed by atoms with Crippen LogP contribution in [0.4, 0.5) is 5.95 Å². The standard InChI is InChI=1S/C18H15N3O4/c1-24-17(23)11-6-4-7-13-15(11)20-18(19-13)21-16(22)12-9-25-14-8-3-2-5-10(12)14/h2-8,12H,9H2,1H3,(H2,19,20,21,22)/t12-/m0/s1. The first-order valence-corrected chi connectivity index (χ1v) is 7.77. The van der Waals surface area contributed by atoms with E-state index in [-0.39, 0.29) is 11.9 Å². The number of para-hydroxylation sites is 2. The third-order valence-electron chi connectivity index (χ3n) is 4.18. The maximum Gasteiger partial charge on any atom is 0.340 e. The summed E-state index contributed by atoms with van der Waals surface area (Å²) in [6.45, 7) is 0.290. The van der Waals surface area contributed by atoms with Gasteiger partial charge in [-0.3, -0.25) is 10.1 Å². The predicted octanol–water partition coefficient (Wildman–Crippen LogP) is 2.46. The Morgan fingerprint density at radius 3 is 2.92 bits per heavy atom. The highest BCUT2D eigenvalue weighted by Gasteiger charge is 2.30. The van der Waals surface area contributed by atoms with E-state index in [2.05, 4.69) is 15.3 Å². The largest absolute Gasteiger partial charge is 0.492 e. The molecule has 1 amide bonds. The molecular weight excluding hydrogens is 322 g/mol. The summed E-state index contributed by atoms with van der Waals surface area (Å²) in [7, 11) is 1.31. The minimum atomic E-state index is -0.479. The fourth-order valence-electron chi connectivity index (χ4n) is 2.95. The highest BCUT2D eigenvalue weighted by Crippen LogP contribution is 2.34. The van der Waals surface area contributed by atoms with Gasteiger partial charge in [-0.1, -0.05) is 24.3 Å². The first-order valence-electron chi connectivity index (χ1n) is 7.77. The second-order valence-electron chi connectivity index (χ2n) is 5.67. The Morgan fingerprint density at radius 2 is 2.08 bits per heavy atom. The fraction of sp³-hybridized carbons (Fsp3) is 0.167. The summed E-state index contributed by atoms with van der Waals surface area (Å²) in [5, 5.41) is 2.76. The summed E-state index contributed by atoms with van der Waals surface area (Å²) in [5.74, 6) is -0.0952. The van der Waals surface area contributed by atoms with Crippen molar-refractivity contribution >= 4 is 28.9 Å². The molecule has 0 spiro atoms. The van der Waals surface area contributed by atoms with Gasteiger partial charge in [-0.05, 0) is 18.2 Å². The average molecular weight is 337 g/mol. The van der Waals surface area contributed by atoms with E-state index in [0.29, 0.717) is 23.2 Å². The van der Waals surface area contributed by atoms with E-state index in [1.165, 1.54) is 7.11 Å². The number of nitrogens with zero attached hydrogens (tertiary/aromatic N) is 1. The van der Waals surface area contributed by atoms with Gasteiger partial charge in [0, 0.05) is 5.56 Å². The molecule has 0 saturated heterocycles. The Kier molecular flexibility index (Phi) is 3.61. The second kappa shape index (κ2) is 5.94. The molecule has 7 heteroatoms. The first-order chi connectivity index (χ1) is 12.2. The number of aromatic amines is 1. The smallest absolute Gasteiger partial charge is 0.340 e. The van der Waals surface area contributed by atoms with Gasteiger partial charge in [-0.2, -0.15) is 0 Å². The number of carbonyl (C=O) groups excluding carboxylic acids is 2. The van der Waals surface area contributed by atoms with Crippen LogP contribution in [-0.2, 0) is 9.53 Å². The zero-order chi connectivity index (χ0) is 17.4. The highest BCUT2D eigenvalue weighted by molar-refractivity contribution is 6.03. The molecule has 0 aliphatic carbocycles. The topological polar surface area (TPSA) is 93.3 Å². The van der Waals surface area contributed by atoms with Crippen LogP contribution in [0.2, 0.25) is 0 Å². The van der Waals surface area contributed by atoms with Gasteiger partial charge in [-0.15, -0.1) is 0 Å². The third-order valence-corrected chi connectivity index (χ3v) is 4.18. The number of amides is 1. The van der Waals surface area contributed by atoms with E-state index in [1.54, 1.807) is 18.2 Å². The van der Waals surface area contributed by atoms with E-state index in [4.69, 9.17) is 9.47 Å². The van der Waals surface area contributed by atoms with Crippen molar-refractivity contribution in [2.45, 2.75) is 5.92 Å². The molecule has 1 aromatic heterocycles. The van der Waals surface area contributed by atoms with Gasteiger partial charge >= 0.3 is 5.97 Å². The maximum atomic E-state index is 12.6. The first kappa shape index (κ1) is 15.2. The molecule has 0 fully saturated rings. The number of hydrogen-bond donors (Lipinski definition) is 2. The Balaban J connectivity index is 1.61. The van der Waals surface area contributed by atoms with Crippen LogP contribution in [-0.4, -0.2) is 35.6 Å². The zero-order valence-electron chi connectivity index (χ0n) is 13.4. The van der Waals surface area contributed by atoms with E-state index in [1.807, 2.05) is 24.3 Å². The number of anilines is 1. The predicted molar refractivity (Wildman–Crippen MR) is 90.7 cm³/mol. The quantitative estimate of drug-likeness (QED) is 0.716. The number of nitrogens with one attached hydrogen (secondary N) is 2. The molecule has 3 aromatic rings. The van der Waals surface area contributed by atoms with Gasteiger partial charge in [0.15, 0.2) is 0 Å². The molecule has 0 unspecified atom stereocenters. The zero-order valence-corrected chi connectivity index (χ0v) is 13.4. The van der Waals surface area contributed by atoms with E-state index in [9.17, 15) is 9.59 Å². The number of benzene rings is 2. The number of imidazole rings is 1. The number of hydrogen-bond acceptors (Lipinski definition) is 5. The van der Waals surface area contributed by atoms with Crippen LogP contribution in [0.25, 0.3) is 11.0 Å². The van der Waals surface area contributed by atoms with E-state index < -0.39 is 11.9 Å². The molecule has 25 heavy (non-hydrogen) atoms. The van der Waals surface area contributed by atoms with Crippen LogP contribution in [0, 0.1) is 0 Å². The van der Waals surface area contributed by atoms with Crippen molar-refractivity contribution in [2.75, 3.05) is 19.0 Å². The van der Waals surface area contributed by atoms with Crippen molar-refractivity contribution in [3.05, 3.63) is 53.6 Å². The molecule has 126 valence electrons. The number of rotatable bonds is 3. The van der Waals surface area contributed by atoms with Crippen LogP contribution in [0.15, 0.2) is 42.5 Å². The molecule has 2 aromatic carbocycles. The Labute approximate surface area is 143 Å². The van der Waals surface area contributed by atoms with Crippen LogP contribution in [0.3, 0.4) is 0 Å². The SMILES string of the molecule is COC(=O)c1cccc2[nH]c(NC(=O)[C@H]3COc4ccccc43)nc12. The van der Waals surface area contributed by atoms with Crippen LogP contribution < -0.4 is 10.1 Å². The number of H-pyrrole nitrogens is 1. The second-order valence-corrected chi connectivity index (χ2v) is 5.67. The summed E-state index contributed by atoms with van der Waals surface area (Å²) < 4.78 is 10.3. The molecule has 2 heterocycles. The highest BCUT2D eigenvalue weighted by atomic mass is 16.5. The number of esters is 1. The van der Waals surface area contributed by atoms with Crippen molar-refractivity contribution in [3.63, 3.8) is 0 Å². The number of carbonyl (C=O) groups is 2. The lowest BCUT2D eigenvalue weighted by atomic mass is 10.0. The van der Waals surface area contributed by atoms with Crippen molar-refractivity contribution < 1.29 is 19.1 Å². The number of aromatic nitrogens is 2. The molecule has 0 bridgehead atoms. The monoisotopic (exact) mass is 337 g/mol. The van der Waals surface area contributed by atoms with Gasteiger partial charge in [0.05, 0.1) is 18.2 Å². The van der Waals surface area contributed by atoms with Crippen LogP contribution >= 0.6 is 0 Å². The number of fused-ring (bicyclic) bond motifs is 2. The summed E-state index contributed by atoms with van der Waals surface area (Å²) in [4.78, 5) is 31.7. The molecule has 1 aliphatic rings. The molecular formula is C18H15N3O4. The van der Waals surface area contributed by atoms with Gasteiger partial charge in [0.1, 0.15) is 23.8 Å². The van der Waals surface area contributed by atoms with E-state index in [0.717, 1.165) is 11.3 Å². The van der Waals surface area contributed by atoms with E-state index >= 15 is 0 Å². The normalized spacial score (nSPS) is 15.5. The summed E-state index contributed by atoms with van der Waals surface area (Å²) in [5.41, 5.74) is 2.28. The van der Waals surface area contributed by atoms with Crippen LogP contribution in [0.5, 0.6) is 5.75 Å².